The van der Waals surface area contributed by atoms with Crippen LogP contribution in [0.4, 0.5) is 0 Å². The summed E-state index contributed by atoms with van der Waals surface area (Å²) in [6.07, 6.45) is 1.13. The molecule has 1 fully saturated rings. The van der Waals surface area contributed by atoms with Gasteiger partial charge in [-0.1, -0.05) is 73.7 Å². The monoisotopic (exact) mass is 438 g/mol. The van der Waals surface area contributed by atoms with Crippen molar-refractivity contribution in [3.63, 3.8) is 0 Å². The Morgan fingerprint density at radius 2 is 1.45 bits per heavy atom. The topological polar surface area (TPSA) is 24.3 Å². The summed E-state index contributed by atoms with van der Waals surface area (Å²) in [5.74, 6) is 1.12. The number of fused-ring (bicyclic) bond motifs is 1. The van der Waals surface area contributed by atoms with Crippen molar-refractivity contribution in [2.45, 2.75) is 39.4 Å². The highest BCUT2D eigenvalue weighted by Crippen LogP contribution is 2.29. The van der Waals surface area contributed by atoms with Crippen molar-refractivity contribution in [1.29, 1.82) is 0 Å². The summed E-state index contributed by atoms with van der Waals surface area (Å²) in [6, 6.07) is 29.0. The van der Waals surface area contributed by atoms with Crippen LogP contribution in [0.3, 0.4) is 0 Å². The van der Waals surface area contributed by atoms with Gasteiger partial charge in [-0.2, -0.15) is 0 Å². The van der Waals surface area contributed by atoms with E-state index in [1.54, 1.807) is 0 Å². The van der Waals surface area contributed by atoms with E-state index in [4.69, 9.17) is 4.98 Å². The average Bonchev–Trinajstić information content (AvgIpc) is 3.16. The second-order valence-electron chi connectivity index (χ2n) is 9.17. The highest BCUT2D eigenvalue weighted by molar-refractivity contribution is 5.76. The largest absolute Gasteiger partial charge is 0.328 e. The summed E-state index contributed by atoms with van der Waals surface area (Å²) in [6.45, 7) is 10.7. The lowest BCUT2D eigenvalue weighted by molar-refractivity contribution is 0.105. The molecule has 0 amide bonds. The minimum Gasteiger partial charge on any atom is -0.328 e. The van der Waals surface area contributed by atoms with Crippen molar-refractivity contribution in [2.24, 2.45) is 0 Å². The summed E-state index contributed by atoms with van der Waals surface area (Å²) in [4.78, 5) is 10.0. The van der Waals surface area contributed by atoms with Gasteiger partial charge in [-0.05, 0) is 42.2 Å². The van der Waals surface area contributed by atoms with Crippen LogP contribution in [0.1, 0.15) is 41.9 Å². The van der Waals surface area contributed by atoms with Gasteiger partial charge in [0, 0.05) is 39.3 Å². The van der Waals surface area contributed by atoms with E-state index in [0.29, 0.717) is 6.04 Å². The van der Waals surface area contributed by atoms with Crippen molar-refractivity contribution in [1.82, 2.24) is 19.4 Å². The molecule has 4 heteroatoms. The Morgan fingerprint density at radius 1 is 0.818 bits per heavy atom. The van der Waals surface area contributed by atoms with Crippen molar-refractivity contribution in [3.05, 3.63) is 101 Å². The molecule has 4 aromatic rings. The van der Waals surface area contributed by atoms with Crippen LogP contribution >= 0.6 is 0 Å². The molecule has 170 valence electrons. The van der Waals surface area contributed by atoms with Crippen LogP contribution < -0.4 is 0 Å². The number of aryl methyl sites for hydroxylation is 2. The number of aromatic nitrogens is 2. The Kier molecular flexibility index (Phi) is 6.56. The maximum atomic E-state index is 4.82. The second-order valence-corrected chi connectivity index (χ2v) is 9.17. The fourth-order valence-corrected chi connectivity index (χ4v) is 5.22. The van der Waals surface area contributed by atoms with Crippen molar-refractivity contribution >= 4 is 11.0 Å². The molecule has 1 aromatic heterocycles. The fraction of sp³-hybridized carbons (Fsp3) is 0.345. The van der Waals surface area contributed by atoms with E-state index in [0.717, 1.165) is 57.0 Å². The first-order valence-corrected chi connectivity index (χ1v) is 12.2. The SMILES string of the molecule is CCCn1c(C)nc2cc(CN3CCN(C(c4ccccc4)c4ccccc4)CC3)ccc21. The van der Waals surface area contributed by atoms with Crippen LogP contribution in [-0.4, -0.2) is 45.5 Å². The van der Waals surface area contributed by atoms with Crippen LogP contribution in [0.5, 0.6) is 0 Å². The minimum absolute atomic E-state index is 0.316. The Morgan fingerprint density at radius 3 is 2.06 bits per heavy atom. The smallest absolute Gasteiger partial charge is 0.106 e. The molecule has 5 rings (SSSR count). The van der Waals surface area contributed by atoms with Gasteiger partial charge in [0.25, 0.3) is 0 Å². The quantitative estimate of drug-likeness (QED) is 0.372. The molecular weight excluding hydrogens is 404 g/mol. The maximum absolute atomic E-state index is 4.82. The number of piperazine rings is 1. The zero-order valence-corrected chi connectivity index (χ0v) is 19.8. The van der Waals surface area contributed by atoms with Gasteiger partial charge >= 0.3 is 0 Å². The van der Waals surface area contributed by atoms with Crippen LogP contribution in [0, 0.1) is 6.92 Å². The highest BCUT2D eigenvalue weighted by atomic mass is 15.3. The van der Waals surface area contributed by atoms with E-state index < -0.39 is 0 Å². The van der Waals surface area contributed by atoms with Gasteiger partial charge < -0.3 is 4.57 Å². The molecule has 3 aromatic carbocycles. The average molecular weight is 439 g/mol. The Bertz CT molecular complexity index is 1130. The Hall–Kier alpha value is -2.95. The lowest BCUT2D eigenvalue weighted by Crippen LogP contribution is -2.47. The number of rotatable bonds is 7. The van der Waals surface area contributed by atoms with Gasteiger partial charge in [-0.15, -0.1) is 0 Å². The molecule has 0 atom stereocenters. The predicted octanol–water partition coefficient (Wildman–Crippen LogP) is 5.66. The number of hydrogen-bond donors (Lipinski definition) is 0. The van der Waals surface area contributed by atoms with E-state index in [9.17, 15) is 0 Å². The zero-order valence-electron chi connectivity index (χ0n) is 19.8. The van der Waals surface area contributed by atoms with Crippen molar-refractivity contribution in [2.75, 3.05) is 26.2 Å². The van der Waals surface area contributed by atoms with E-state index in [1.807, 2.05) is 0 Å². The standard InChI is InChI=1S/C29H34N4/c1-3-16-33-23(2)30-27-21-24(14-15-28(27)33)22-31-17-19-32(20-18-31)29(25-10-6-4-7-11-25)26-12-8-5-9-13-26/h4-15,21,29H,3,16-20,22H2,1-2H3. The van der Waals surface area contributed by atoms with E-state index in [-0.39, 0.29) is 0 Å². The molecule has 0 radical (unpaired) electrons. The molecule has 33 heavy (non-hydrogen) atoms. The molecular formula is C29H34N4. The fourth-order valence-electron chi connectivity index (χ4n) is 5.22. The molecule has 0 N–H and O–H groups in total. The number of imidazole rings is 1. The molecule has 0 saturated carbocycles. The van der Waals surface area contributed by atoms with Crippen LogP contribution in [0.15, 0.2) is 78.9 Å². The highest BCUT2D eigenvalue weighted by Gasteiger charge is 2.26. The molecule has 1 aliphatic rings. The predicted molar refractivity (Wildman–Crippen MR) is 136 cm³/mol. The third-order valence-corrected chi connectivity index (χ3v) is 6.86. The molecule has 0 spiro atoms. The number of nitrogens with zero attached hydrogens (tertiary/aromatic N) is 4. The van der Waals surface area contributed by atoms with Crippen LogP contribution in [-0.2, 0) is 13.1 Å². The molecule has 0 aliphatic carbocycles. The summed E-state index contributed by atoms with van der Waals surface area (Å²) in [5, 5.41) is 0. The summed E-state index contributed by atoms with van der Waals surface area (Å²) >= 11 is 0. The van der Waals surface area contributed by atoms with Gasteiger partial charge in [-0.25, -0.2) is 4.98 Å². The molecule has 2 heterocycles. The normalized spacial score (nSPS) is 15.5. The lowest BCUT2D eigenvalue weighted by Gasteiger charge is -2.39. The molecule has 4 nitrogen and oxygen atoms in total. The number of benzene rings is 3. The summed E-state index contributed by atoms with van der Waals surface area (Å²) < 4.78 is 2.34. The first kappa shape index (κ1) is 21.9. The third kappa shape index (κ3) is 4.73. The lowest BCUT2D eigenvalue weighted by atomic mass is 9.96. The first-order valence-electron chi connectivity index (χ1n) is 12.2. The first-order chi connectivity index (χ1) is 16.2. The summed E-state index contributed by atoms with van der Waals surface area (Å²) in [7, 11) is 0. The van der Waals surface area contributed by atoms with E-state index in [2.05, 4.69) is 107 Å². The van der Waals surface area contributed by atoms with Crippen molar-refractivity contribution < 1.29 is 0 Å². The maximum Gasteiger partial charge on any atom is 0.106 e. The molecule has 1 saturated heterocycles. The Labute approximate surface area is 197 Å². The van der Waals surface area contributed by atoms with Crippen LogP contribution in [0.2, 0.25) is 0 Å². The third-order valence-electron chi connectivity index (χ3n) is 6.86. The van der Waals surface area contributed by atoms with Gasteiger partial charge in [0.2, 0.25) is 0 Å². The van der Waals surface area contributed by atoms with Gasteiger partial charge in [0.15, 0.2) is 0 Å². The second kappa shape index (κ2) is 9.90. The summed E-state index contributed by atoms with van der Waals surface area (Å²) in [5.41, 5.74) is 6.50. The van der Waals surface area contributed by atoms with Crippen molar-refractivity contribution in [3.8, 4) is 0 Å². The molecule has 0 bridgehead atoms. The van der Waals surface area contributed by atoms with Gasteiger partial charge in [0.1, 0.15) is 5.82 Å². The molecule has 1 aliphatic heterocycles. The zero-order chi connectivity index (χ0) is 22.6. The minimum atomic E-state index is 0.316. The number of hydrogen-bond acceptors (Lipinski definition) is 3. The van der Waals surface area contributed by atoms with Gasteiger partial charge in [0.05, 0.1) is 17.1 Å². The van der Waals surface area contributed by atoms with E-state index in [1.165, 1.54) is 22.2 Å². The molecule has 0 unspecified atom stereocenters. The van der Waals surface area contributed by atoms with Gasteiger partial charge in [-0.3, -0.25) is 9.80 Å². The Balaban J connectivity index is 1.28. The van der Waals surface area contributed by atoms with Crippen LogP contribution in [0.25, 0.3) is 11.0 Å². The van der Waals surface area contributed by atoms with E-state index >= 15 is 0 Å².